The van der Waals surface area contributed by atoms with E-state index in [2.05, 4.69) is 15.3 Å². The quantitative estimate of drug-likeness (QED) is 0.897. The molecule has 1 aliphatic carbocycles. The first kappa shape index (κ1) is 13.9. The van der Waals surface area contributed by atoms with Crippen LogP contribution in [-0.2, 0) is 0 Å². The number of hydrogen-bond acceptors (Lipinski definition) is 4. The summed E-state index contributed by atoms with van der Waals surface area (Å²) in [6, 6.07) is 5.34. The van der Waals surface area contributed by atoms with E-state index in [4.69, 9.17) is 0 Å². The van der Waals surface area contributed by atoms with E-state index >= 15 is 0 Å². The highest BCUT2D eigenvalue weighted by Crippen LogP contribution is 2.30. The summed E-state index contributed by atoms with van der Waals surface area (Å²) < 4.78 is 0. The number of aliphatic hydroxyl groups is 1. The van der Waals surface area contributed by atoms with Crippen molar-refractivity contribution < 1.29 is 9.90 Å². The van der Waals surface area contributed by atoms with Crippen LogP contribution in [0.4, 0.5) is 0 Å². The number of rotatable bonds is 4. The molecule has 5 nitrogen and oxygen atoms in total. The predicted octanol–water partition coefficient (Wildman–Crippen LogP) is 1.77. The monoisotopic (exact) mass is 285 g/mol. The highest BCUT2D eigenvalue weighted by molar-refractivity contribution is 5.97. The molecular formula is C16H19N3O2. The van der Waals surface area contributed by atoms with Gasteiger partial charge in [-0.1, -0.05) is 6.42 Å². The lowest BCUT2D eigenvalue weighted by molar-refractivity contribution is 0.0938. The van der Waals surface area contributed by atoms with Crippen molar-refractivity contribution >= 4 is 16.9 Å². The summed E-state index contributed by atoms with van der Waals surface area (Å²) in [6.07, 6.45) is 6.53. The SMILES string of the molecule is O=C(NCC1CCCC1CO)c1ccc2nccnc2c1. The van der Waals surface area contributed by atoms with Gasteiger partial charge in [0.25, 0.3) is 5.91 Å². The van der Waals surface area contributed by atoms with Gasteiger partial charge in [-0.05, 0) is 42.9 Å². The van der Waals surface area contributed by atoms with Crippen LogP contribution in [0.5, 0.6) is 0 Å². The summed E-state index contributed by atoms with van der Waals surface area (Å²) in [5.74, 6) is 0.623. The maximum Gasteiger partial charge on any atom is 0.251 e. The molecule has 2 atom stereocenters. The fourth-order valence-corrected chi connectivity index (χ4v) is 3.05. The number of hydrogen-bond donors (Lipinski definition) is 2. The lowest BCUT2D eigenvalue weighted by Crippen LogP contribution is -2.31. The Hall–Kier alpha value is -2.01. The molecule has 2 N–H and O–H groups in total. The Morgan fingerprint density at radius 2 is 1.95 bits per heavy atom. The Morgan fingerprint density at radius 1 is 1.19 bits per heavy atom. The molecule has 1 aliphatic rings. The van der Waals surface area contributed by atoms with E-state index in [1.807, 2.05) is 6.07 Å². The minimum absolute atomic E-state index is 0.0915. The Labute approximate surface area is 123 Å². The van der Waals surface area contributed by atoms with Gasteiger partial charge in [-0.2, -0.15) is 0 Å². The molecule has 2 aromatic rings. The Bertz CT molecular complexity index is 644. The van der Waals surface area contributed by atoms with Crippen molar-refractivity contribution in [1.82, 2.24) is 15.3 Å². The third-order valence-electron chi connectivity index (χ3n) is 4.31. The number of aliphatic hydroxyl groups excluding tert-OH is 1. The molecule has 1 heterocycles. The third kappa shape index (κ3) is 3.03. The normalized spacial score (nSPS) is 21.6. The van der Waals surface area contributed by atoms with Crippen LogP contribution in [0.3, 0.4) is 0 Å². The summed E-state index contributed by atoms with van der Waals surface area (Å²) in [4.78, 5) is 20.6. The summed E-state index contributed by atoms with van der Waals surface area (Å²) in [5.41, 5.74) is 2.10. The predicted molar refractivity (Wildman–Crippen MR) is 79.8 cm³/mol. The summed E-state index contributed by atoms with van der Waals surface area (Å²) in [5, 5.41) is 12.3. The Kier molecular flexibility index (Phi) is 4.10. The summed E-state index contributed by atoms with van der Waals surface area (Å²) in [7, 11) is 0. The average Bonchev–Trinajstić information content (AvgIpc) is 2.99. The summed E-state index contributed by atoms with van der Waals surface area (Å²) in [6.45, 7) is 0.842. The van der Waals surface area contributed by atoms with E-state index in [0.717, 1.165) is 30.3 Å². The smallest absolute Gasteiger partial charge is 0.251 e. The molecule has 2 unspecified atom stereocenters. The second-order valence-corrected chi connectivity index (χ2v) is 5.60. The van der Waals surface area contributed by atoms with E-state index in [1.54, 1.807) is 24.5 Å². The van der Waals surface area contributed by atoms with Crippen LogP contribution in [-0.4, -0.2) is 34.1 Å². The van der Waals surface area contributed by atoms with E-state index in [1.165, 1.54) is 0 Å². The van der Waals surface area contributed by atoms with Crippen LogP contribution in [0.25, 0.3) is 11.0 Å². The van der Waals surface area contributed by atoms with Crippen LogP contribution in [0.15, 0.2) is 30.6 Å². The average molecular weight is 285 g/mol. The first-order valence-corrected chi connectivity index (χ1v) is 7.38. The first-order valence-electron chi connectivity index (χ1n) is 7.38. The van der Waals surface area contributed by atoms with Crippen LogP contribution in [0, 0.1) is 11.8 Å². The van der Waals surface area contributed by atoms with Crippen molar-refractivity contribution in [3.8, 4) is 0 Å². The number of amides is 1. The van der Waals surface area contributed by atoms with Crippen molar-refractivity contribution in [2.45, 2.75) is 19.3 Å². The van der Waals surface area contributed by atoms with Crippen LogP contribution >= 0.6 is 0 Å². The molecule has 1 aromatic heterocycles. The number of aromatic nitrogens is 2. The van der Waals surface area contributed by atoms with Crippen molar-refractivity contribution in [3.63, 3.8) is 0 Å². The zero-order valence-electron chi connectivity index (χ0n) is 11.8. The van der Waals surface area contributed by atoms with E-state index in [9.17, 15) is 9.90 Å². The molecular weight excluding hydrogens is 266 g/mol. The highest BCUT2D eigenvalue weighted by atomic mass is 16.3. The van der Waals surface area contributed by atoms with E-state index in [0.29, 0.717) is 23.9 Å². The van der Waals surface area contributed by atoms with Crippen molar-refractivity contribution in [2.75, 3.05) is 13.2 Å². The number of benzene rings is 1. The molecule has 1 fully saturated rings. The molecule has 1 amide bonds. The molecule has 110 valence electrons. The van der Waals surface area contributed by atoms with Gasteiger partial charge in [-0.15, -0.1) is 0 Å². The maximum atomic E-state index is 12.2. The van der Waals surface area contributed by atoms with Crippen molar-refractivity contribution in [3.05, 3.63) is 36.2 Å². The number of fused-ring (bicyclic) bond motifs is 1. The van der Waals surface area contributed by atoms with E-state index < -0.39 is 0 Å². The molecule has 1 aromatic carbocycles. The minimum atomic E-state index is -0.0915. The second kappa shape index (κ2) is 6.18. The first-order chi connectivity index (χ1) is 10.3. The molecule has 0 saturated heterocycles. The number of nitrogens with zero attached hydrogens (tertiary/aromatic N) is 2. The zero-order valence-corrected chi connectivity index (χ0v) is 11.8. The lowest BCUT2D eigenvalue weighted by atomic mass is 9.97. The molecule has 5 heteroatoms. The molecule has 0 spiro atoms. The van der Waals surface area contributed by atoms with Gasteiger partial charge in [0.15, 0.2) is 0 Å². The Balaban J connectivity index is 1.66. The van der Waals surface area contributed by atoms with Crippen LogP contribution in [0.1, 0.15) is 29.6 Å². The fraction of sp³-hybridized carbons (Fsp3) is 0.438. The maximum absolute atomic E-state index is 12.2. The number of nitrogens with one attached hydrogen (secondary N) is 1. The molecule has 21 heavy (non-hydrogen) atoms. The number of carbonyl (C=O) groups excluding carboxylic acids is 1. The van der Waals surface area contributed by atoms with Gasteiger partial charge in [0.05, 0.1) is 11.0 Å². The highest BCUT2D eigenvalue weighted by Gasteiger charge is 2.26. The Morgan fingerprint density at radius 3 is 2.76 bits per heavy atom. The summed E-state index contributed by atoms with van der Waals surface area (Å²) >= 11 is 0. The van der Waals surface area contributed by atoms with Crippen molar-refractivity contribution in [2.24, 2.45) is 11.8 Å². The van der Waals surface area contributed by atoms with Gasteiger partial charge < -0.3 is 10.4 Å². The standard InChI is InChI=1S/C16H19N3O2/c20-10-13-3-1-2-12(13)9-19-16(21)11-4-5-14-15(8-11)18-7-6-17-14/h4-8,12-13,20H,1-3,9-10H2,(H,19,21). The molecule has 0 radical (unpaired) electrons. The minimum Gasteiger partial charge on any atom is -0.396 e. The molecule has 3 rings (SSSR count). The van der Waals surface area contributed by atoms with Gasteiger partial charge in [-0.25, -0.2) is 0 Å². The van der Waals surface area contributed by atoms with E-state index in [-0.39, 0.29) is 12.5 Å². The molecule has 0 bridgehead atoms. The van der Waals surface area contributed by atoms with Crippen LogP contribution in [0.2, 0.25) is 0 Å². The molecule has 1 saturated carbocycles. The van der Waals surface area contributed by atoms with Crippen molar-refractivity contribution in [1.29, 1.82) is 0 Å². The van der Waals surface area contributed by atoms with Gasteiger partial charge >= 0.3 is 0 Å². The zero-order chi connectivity index (χ0) is 14.7. The topological polar surface area (TPSA) is 75.1 Å². The lowest BCUT2D eigenvalue weighted by Gasteiger charge is -2.17. The van der Waals surface area contributed by atoms with Gasteiger partial charge in [0, 0.05) is 31.1 Å². The van der Waals surface area contributed by atoms with Gasteiger partial charge in [-0.3, -0.25) is 14.8 Å². The van der Waals surface area contributed by atoms with Crippen LogP contribution < -0.4 is 5.32 Å². The number of carbonyl (C=O) groups is 1. The largest absolute Gasteiger partial charge is 0.396 e. The van der Waals surface area contributed by atoms with Gasteiger partial charge in [0.2, 0.25) is 0 Å². The third-order valence-corrected chi connectivity index (χ3v) is 4.31. The molecule has 0 aliphatic heterocycles. The second-order valence-electron chi connectivity index (χ2n) is 5.60. The van der Waals surface area contributed by atoms with Gasteiger partial charge in [0.1, 0.15) is 0 Å². The fourth-order valence-electron chi connectivity index (χ4n) is 3.05.